The number of primary amides is 1. The van der Waals surface area contributed by atoms with Gasteiger partial charge in [0.25, 0.3) is 0 Å². The van der Waals surface area contributed by atoms with Crippen LogP contribution in [0.5, 0.6) is 0 Å². The molecule has 0 spiro atoms. The first-order valence-corrected chi connectivity index (χ1v) is 5.91. The summed E-state index contributed by atoms with van der Waals surface area (Å²) in [5.74, 6) is -1.86. The van der Waals surface area contributed by atoms with Gasteiger partial charge in [0.1, 0.15) is 6.04 Å². The monoisotopic (exact) mass is 283 g/mol. The first-order valence-electron chi connectivity index (χ1n) is 5.91. The minimum atomic E-state index is -1.23. The van der Waals surface area contributed by atoms with Crippen molar-refractivity contribution in [3.05, 3.63) is 11.4 Å². The number of anilines is 1. The number of rotatable bonds is 6. The molecule has 20 heavy (non-hydrogen) atoms. The number of H-pyrrole nitrogens is 1. The number of carboxylic acid groups (broad SMARTS) is 1. The van der Waals surface area contributed by atoms with Gasteiger partial charge in [-0.25, -0.2) is 9.59 Å². The molecule has 9 nitrogen and oxygen atoms in total. The third-order valence-corrected chi connectivity index (χ3v) is 2.65. The molecule has 0 saturated heterocycles. The number of hydrogen-bond donors (Lipinski definition) is 5. The van der Waals surface area contributed by atoms with E-state index < -0.39 is 23.9 Å². The maximum atomic E-state index is 11.7. The van der Waals surface area contributed by atoms with Gasteiger partial charge in [-0.3, -0.25) is 9.89 Å². The second kappa shape index (κ2) is 6.55. The SMILES string of the molecule is Cc1n[nH]c(C)c1NC(=O)N[C@H](CCC(N)=O)C(=O)O. The van der Waals surface area contributed by atoms with Gasteiger partial charge in [-0.1, -0.05) is 0 Å². The number of hydrogen-bond acceptors (Lipinski definition) is 4. The van der Waals surface area contributed by atoms with Gasteiger partial charge in [0.15, 0.2) is 0 Å². The number of aliphatic carboxylic acids is 1. The van der Waals surface area contributed by atoms with Crippen LogP contribution in [0.1, 0.15) is 24.2 Å². The number of nitrogens with two attached hydrogens (primary N) is 1. The molecular formula is C11H17N5O4. The number of urea groups is 1. The largest absolute Gasteiger partial charge is 0.480 e. The Bertz CT molecular complexity index is 505. The number of carbonyl (C=O) groups is 3. The molecule has 110 valence electrons. The number of aryl methyl sites for hydroxylation is 2. The Morgan fingerprint density at radius 3 is 2.50 bits per heavy atom. The van der Waals surface area contributed by atoms with Crippen molar-refractivity contribution in [2.75, 3.05) is 5.32 Å². The van der Waals surface area contributed by atoms with Crippen LogP contribution >= 0.6 is 0 Å². The predicted octanol–water partition coefficient (Wildman–Crippen LogP) is -0.133. The van der Waals surface area contributed by atoms with Gasteiger partial charge in [0, 0.05) is 6.42 Å². The van der Waals surface area contributed by atoms with E-state index in [1.54, 1.807) is 13.8 Å². The number of nitrogens with zero attached hydrogens (tertiary/aromatic N) is 1. The van der Waals surface area contributed by atoms with Crippen LogP contribution in [0.2, 0.25) is 0 Å². The highest BCUT2D eigenvalue weighted by Gasteiger charge is 2.21. The van der Waals surface area contributed by atoms with E-state index >= 15 is 0 Å². The average molecular weight is 283 g/mol. The van der Waals surface area contributed by atoms with Crippen LogP contribution in [0.3, 0.4) is 0 Å². The summed E-state index contributed by atoms with van der Waals surface area (Å²) in [6.45, 7) is 3.41. The van der Waals surface area contributed by atoms with E-state index in [0.29, 0.717) is 17.1 Å². The van der Waals surface area contributed by atoms with Crippen molar-refractivity contribution in [2.45, 2.75) is 32.7 Å². The van der Waals surface area contributed by atoms with Crippen molar-refractivity contribution in [1.29, 1.82) is 0 Å². The Morgan fingerprint density at radius 2 is 2.05 bits per heavy atom. The molecule has 0 fully saturated rings. The lowest BCUT2D eigenvalue weighted by Crippen LogP contribution is -2.43. The zero-order chi connectivity index (χ0) is 15.3. The quantitative estimate of drug-likeness (QED) is 0.492. The second-order valence-corrected chi connectivity index (χ2v) is 4.30. The predicted molar refractivity (Wildman–Crippen MR) is 70.1 cm³/mol. The highest BCUT2D eigenvalue weighted by molar-refractivity contribution is 5.93. The molecular weight excluding hydrogens is 266 g/mol. The van der Waals surface area contributed by atoms with E-state index in [9.17, 15) is 14.4 Å². The molecule has 1 heterocycles. The van der Waals surface area contributed by atoms with Gasteiger partial charge in [-0.15, -0.1) is 0 Å². The standard InChI is InChI=1S/C11H17N5O4/c1-5-9(6(2)16-15-5)14-11(20)13-7(10(18)19)3-4-8(12)17/h7H,3-4H2,1-2H3,(H2,12,17)(H,15,16)(H,18,19)(H2,13,14,20)/t7-/m1/s1. The van der Waals surface area contributed by atoms with Crippen LogP contribution in [-0.2, 0) is 9.59 Å². The van der Waals surface area contributed by atoms with E-state index in [-0.39, 0.29) is 12.8 Å². The zero-order valence-corrected chi connectivity index (χ0v) is 11.2. The molecule has 0 aliphatic rings. The van der Waals surface area contributed by atoms with E-state index in [1.807, 2.05) is 0 Å². The first-order chi connectivity index (χ1) is 9.31. The minimum Gasteiger partial charge on any atom is -0.480 e. The third kappa shape index (κ3) is 4.26. The fourth-order valence-corrected chi connectivity index (χ4v) is 1.59. The lowest BCUT2D eigenvalue weighted by Gasteiger charge is -2.14. The second-order valence-electron chi connectivity index (χ2n) is 4.30. The van der Waals surface area contributed by atoms with Crippen LogP contribution in [0.4, 0.5) is 10.5 Å². The Balaban J connectivity index is 2.62. The molecule has 0 aromatic carbocycles. The number of aromatic amines is 1. The molecule has 1 aromatic heterocycles. The highest BCUT2D eigenvalue weighted by atomic mass is 16.4. The maximum absolute atomic E-state index is 11.7. The molecule has 3 amide bonds. The zero-order valence-electron chi connectivity index (χ0n) is 11.2. The van der Waals surface area contributed by atoms with Crippen LogP contribution in [-0.4, -0.2) is 39.3 Å². The van der Waals surface area contributed by atoms with Crippen molar-refractivity contribution in [2.24, 2.45) is 5.73 Å². The van der Waals surface area contributed by atoms with Gasteiger partial charge >= 0.3 is 12.0 Å². The van der Waals surface area contributed by atoms with Gasteiger partial charge in [0.2, 0.25) is 5.91 Å². The van der Waals surface area contributed by atoms with E-state index in [0.717, 1.165) is 0 Å². The highest BCUT2D eigenvalue weighted by Crippen LogP contribution is 2.15. The summed E-state index contributed by atoms with van der Waals surface area (Å²) in [4.78, 5) is 33.3. The van der Waals surface area contributed by atoms with Crippen LogP contribution < -0.4 is 16.4 Å². The summed E-state index contributed by atoms with van der Waals surface area (Å²) in [6, 6.07) is -1.87. The Kier molecular flexibility index (Phi) is 5.07. The summed E-state index contributed by atoms with van der Waals surface area (Å²) in [6.07, 6.45) is -0.192. The Hall–Kier alpha value is -2.58. The van der Waals surface area contributed by atoms with Crippen LogP contribution in [0, 0.1) is 13.8 Å². The van der Waals surface area contributed by atoms with E-state index in [1.165, 1.54) is 0 Å². The van der Waals surface area contributed by atoms with Gasteiger partial charge in [0.05, 0.1) is 17.1 Å². The molecule has 1 aromatic rings. The number of aromatic nitrogens is 2. The summed E-state index contributed by atoms with van der Waals surface area (Å²) in [7, 11) is 0. The summed E-state index contributed by atoms with van der Waals surface area (Å²) in [5.41, 5.74) is 6.68. The fourth-order valence-electron chi connectivity index (χ4n) is 1.59. The fraction of sp³-hybridized carbons (Fsp3) is 0.455. The number of amides is 3. The summed E-state index contributed by atoms with van der Waals surface area (Å²) in [5, 5.41) is 20.3. The topological polar surface area (TPSA) is 150 Å². The third-order valence-electron chi connectivity index (χ3n) is 2.65. The smallest absolute Gasteiger partial charge is 0.326 e. The van der Waals surface area contributed by atoms with Crippen LogP contribution in [0.15, 0.2) is 0 Å². The van der Waals surface area contributed by atoms with Crippen molar-refractivity contribution in [1.82, 2.24) is 15.5 Å². The summed E-state index contributed by atoms with van der Waals surface area (Å²) >= 11 is 0. The molecule has 1 rings (SSSR count). The Labute approximate surface area is 114 Å². The first kappa shape index (κ1) is 15.5. The number of carbonyl (C=O) groups excluding carboxylic acids is 2. The molecule has 1 atom stereocenters. The molecule has 0 bridgehead atoms. The maximum Gasteiger partial charge on any atom is 0.326 e. The summed E-state index contributed by atoms with van der Waals surface area (Å²) < 4.78 is 0. The molecule has 0 unspecified atom stereocenters. The average Bonchev–Trinajstić information content (AvgIpc) is 2.65. The van der Waals surface area contributed by atoms with E-state index in [4.69, 9.17) is 10.8 Å². The van der Waals surface area contributed by atoms with Crippen molar-refractivity contribution >= 4 is 23.6 Å². The Morgan fingerprint density at radius 1 is 1.40 bits per heavy atom. The number of nitrogens with one attached hydrogen (secondary N) is 3. The lowest BCUT2D eigenvalue weighted by atomic mass is 10.1. The normalized spacial score (nSPS) is 11.7. The van der Waals surface area contributed by atoms with Crippen LogP contribution in [0.25, 0.3) is 0 Å². The van der Waals surface area contributed by atoms with Gasteiger partial charge in [-0.2, -0.15) is 5.10 Å². The molecule has 6 N–H and O–H groups in total. The van der Waals surface area contributed by atoms with E-state index in [2.05, 4.69) is 20.8 Å². The number of carboxylic acids is 1. The minimum absolute atomic E-state index is 0.0680. The molecule has 0 aliphatic heterocycles. The van der Waals surface area contributed by atoms with Crippen molar-refractivity contribution in [3.8, 4) is 0 Å². The van der Waals surface area contributed by atoms with Gasteiger partial charge in [-0.05, 0) is 20.3 Å². The molecule has 9 heteroatoms. The van der Waals surface area contributed by atoms with Crippen molar-refractivity contribution in [3.63, 3.8) is 0 Å². The molecule has 0 aliphatic carbocycles. The lowest BCUT2D eigenvalue weighted by molar-refractivity contribution is -0.139. The van der Waals surface area contributed by atoms with Gasteiger partial charge < -0.3 is 21.5 Å². The van der Waals surface area contributed by atoms with Crippen molar-refractivity contribution < 1.29 is 19.5 Å². The molecule has 0 saturated carbocycles. The molecule has 0 radical (unpaired) electrons.